The van der Waals surface area contributed by atoms with Crippen LogP contribution in [0.25, 0.3) is 0 Å². The number of aliphatic hydroxyl groups excluding tert-OH is 1. The van der Waals surface area contributed by atoms with Gasteiger partial charge in [0.25, 0.3) is 11.8 Å². The van der Waals surface area contributed by atoms with Crippen molar-refractivity contribution in [3.05, 3.63) is 30.0 Å². The molecule has 11 nitrogen and oxygen atoms in total. The van der Waals surface area contributed by atoms with Crippen LogP contribution in [0.15, 0.2) is 34.9 Å². The average Bonchev–Trinajstić information content (AvgIpc) is 3.00. The minimum Gasteiger partial charge on any atom is -0.444 e. The van der Waals surface area contributed by atoms with Crippen molar-refractivity contribution in [2.24, 2.45) is 0 Å². The van der Waals surface area contributed by atoms with Gasteiger partial charge < -0.3 is 25.0 Å². The van der Waals surface area contributed by atoms with E-state index in [0.717, 1.165) is 17.2 Å². The van der Waals surface area contributed by atoms with Crippen molar-refractivity contribution < 1.29 is 32.6 Å². The van der Waals surface area contributed by atoms with Gasteiger partial charge in [-0.1, -0.05) is 0 Å². The topological polar surface area (TPSA) is 137 Å². The maximum atomic E-state index is 12.6. The fraction of sp³-hybridized carbons (Fsp3) is 0.500. The van der Waals surface area contributed by atoms with Gasteiger partial charge in [-0.15, -0.1) is 0 Å². The van der Waals surface area contributed by atoms with Crippen molar-refractivity contribution >= 4 is 39.1 Å². The number of nitrogens with one attached hydrogen (secondary N) is 1. The molecule has 2 heterocycles. The number of rotatable bonds is 6. The van der Waals surface area contributed by atoms with Gasteiger partial charge in [0, 0.05) is 38.5 Å². The summed E-state index contributed by atoms with van der Waals surface area (Å²) in [4.78, 5) is 41.6. The lowest BCUT2D eigenvalue weighted by Crippen LogP contribution is -2.50. The first-order valence-corrected chi connectivity index (χ1v) is 12.7. The number of ether oxygens (including phenoxy) is 1. The van der Waals surface area contributed by atoms with E-state index in [1.54, 1.807) is 31.7 Å². The summed E-state index contributed by atoms with van der Waals surface area (Å²) in [7, 11) is -3.53. The van der Waals surface area contributed by atoms with Crippen LogP contribution in [0.5, 0.6) is 0 Å². The molecule has 0 bridgehead atoms. The first kappa shape index (κ1) is 25.5. The molecule has 3 rings (SSSR count). The summed E-state index contributed by atoms with van der Waals surface area (Å²) in [5.74, 6) is -1.17. The molecule has 12 heteroatoms. The summed E-state index contributed by atoms with van der Waals surface area (Å²) in [5, 5.41) is 12.0. The summed E-state index contributed by atoms with van der Waals surface area (Å²) < 4.78 is 29.7. The SMILES string of the molecule is CC(C)(C)OC(=O)N1CCN(c2ccc(S(C)(=O)=O)cc2NC2=CC(=O)N(CCO)C2=O)CC1. The van der Waals surface area contributed by atoms with E-state index >= 15 is 0 Å². The van der Waals surface area contributed by atoms with Gasteiger partial charge in [0.05, 0.1) is 29.4 Å². The second-order valence-corrected chi connectivity index (χ2v) is 11.1. The largest absolute Gasteiger partial charge is 0.444 e. The van der Waals surface area contributed by atoms with Gasteiger partial charge in [0.15, 0.2) is 9.84 Å². The van der Waals surface area contributed by atoms with Gasteiger partial charge in [-0.05, 0) is 39.0 Å². The molecule has 1 saturated heterocycles. The molecule has 0 aromatic heterocycles. The molecule has 0 saturated carbocycles. The molecule has 0 spiro atoms. The standard InChI is InChI=1S/C22H30N4O7S/c1-22(2,3)33-21(30)25-9-7-24(8-10-25)18-6-5-15(34(4,31)32)13-16(18)23-17-14-19(28)26(11-12-27)20(17)29/h5-6,13-14,23,27H,7-12H2,1-4H3. The van der Waals surface area contributed by atoms with E-state index in [1.165, 1.54) is 12.1 Å². The van der Waals surface area contributed by atoms with Crippen LogP contribution in [-0.2, 0) is 24.2 Å². The van der Waals surface area contributed by atoms with Crippen LogP contribution in [0.3, 0.4) is 0 Å². The number of β-amino-alcohol motifs (C(OH)–C–C–N with tert-alkyl or cyclic N) is 1. The summed E-state index contributed by atoms with van der Waals surface area (Å²) >= 11 is 0. The lowest BCUT2D eigenvalue weighted by Gasteiger charge is -2.37. The van der Waals surface area contributed by atoms with Gasteiger partial charge in [0.1, 0.15) is 11.3 Å². The summed E-state index contributed by atoms with van der Waals surface area (Å²) in [5.41, 5.74) is 0.345. The van der Waals surface area contributed by atoms with Crippen LogP contribution >= 0.6 is 0 Å². The number of benzene rings is 1. The number of imide groups is 1. The maximum Gasteiger partial charge on any atom is 0.410 e. The molecule has 0 radical (unpaired) electrons. The number of hydrogen-bond acceptors (Lipinski definition) is 9. The molecule has 0 unspecified atom stereocenters. The van der Waals surface area contributed by atoms with E-state index < -0.39 is 33.3 Å². The monoisotopic (exact) mass is 494 g/mol. The number of aliphatic hydroxyl groups is 1. The van der Waals surface area contributed by atoms with Crippen LogP contribution in [-0.4, -0.2) is 92.4 Å². The van der Waals surface area contributed by atoms with Crippen LogP contribution in [0.1, 0.15) is 20.8 Å². The van der Waals surface area contributed by atoms with Gasteiger partial charge in [-0.3, -0.25) is 14.5 Å². The Labute approximate surface area is 198 Å². The van der Waals surface area contributed by atoms with Gasteiger partial charge in [0.2, 0.25) is 0 Å². The Morgan fingerprint density at radius 1 is 1.15 bits per heavy atom. The lowest BCUT2D eigenvalue weighted by molar-refractivity contribution is -0.137. The van der Waals surface area contributed by atoms with Crippen molar-refractivity contribution in [1.82, 2.24) is 9.80 Å². The highest BCUT2D eigenvalue weighted by Gasteiger charge is 2.32. The molecule has 0 aliphatic carbocycles. The number of piperazine rings is 1. The smallest absolute Gasteiger partial charge is 0.410 e. The molecular formula is C22H30N4O7S. The van der Waals surface area contributed by atoms with E-state index in [9.17, 15) is 22.8 Å². The number of amides is 3. The van der Waals surface area contributed by atoms with Gasteiger partial charge in [-0.25, -0.2) is 13.2 Å². The minimum absolute atomic E-state index is 0.0160. The maximum absolute atomic E-state index is 12.6. The zero-order valence-corrected chi connectivity index (χ0v) is 20.5. The Hall–Kier alpha value is -3.12. The average molecular weight is 495 g/mol. The van der Waals surface area contributed by atoms with Crippen molar-refractivity contribution in [1.29, 1.82) is 0 Å². The summed E-state index contributed by atoms with van der Waals surface area (Å²) in [6.07, 6.45) is 1.80. The molecular weight excluding hydrogens is 464 g/mol. The van der Waals surface area contributed by atoms with Crippen LogP contribution in [0.2, 0.25) is 0 Å². The molecule has 1 fully saturated rings. The molecule has 0 atom stereocenters. The fourth-order valence-electron chi connectivity index (χ4n) is 3.63. The summed E-state index contributed by atoms with van der Waals surface area (Å²) in [6.45, 7) is 6.59. The molecule has 2 aliphatic rings. The number of hydrogen-bond donors (Lipinski definition) is 2. The third kappa shape index (κ3) is 5.86. The lowest BCUT2D eigenvalue weighted by atomic mass is 10.2. The third-order valence-corrected chi connectivity index (χ3v) is 6.38. The van der Waals surface area contributed by atoms with Crippen LogP contribution < -0.4 is 10.2 Å². The van der Waals surface area contributed by atoms with E-state index in [1.807, 2.05) is 4.90 Å². The minimum atomic E-state index is -3.53. The van der Waals surface area contributed by atoms with Crippen molar-refractivity contribution in [2.75, 3.05) is 55.8 Å². The van der Waals surface area contributed by atoms with E-state index in [2.05, 4.69) is 5.32 Å². The number of sulfone groups is 1. The third-order valence-electron chi connectivity index (χ3n) is 5.27. The van der Waals surface area contributed by atoms with Crippen LogP contribution in [0.4, 0.5) is 16.2 Å². The van der Waals surface area contributed by atoms with Gasteiger partial charge in [-0.2, -0.15) is 0 Å². The van der Waals surface area contributed by atoms with E-state index in [4.69, 9.17) is 9.84 Å². The molecule has 186 valence electrons. The second kappa shape index (κ2) is 9.63. The Kier molecular flexibility index (Phi) is 7.22. The van der Waals surface area contributed by atoms with Crippen molar-refractivity contribution in [3.63, 3.8) is 0 Å². The Morgan fingerprint density at radius 3 is 2.35 bits per heavy atom. The fourth-order valence-corrected chi connectivity index (χ4v) is 4.28. The molecule has 3 amide bonds. The predicted octanol–water partition coefficient (Wildman–Crippen LogP) is 0.804. The second-order valence-electron chi connectivity index (χ2n) is 9.11. The summed E-state index contributed by atoms with van der Waals surface area (Å²) in [6, 6.07) is 4.53. The Balaban J connectivity index is 1.84. The predicted molar refractivity (Wildman–Crippen MR) is 125 cm³/mol. The Bertz CT molecular complexity index is 1120. The van der Waals surface area contributed by atoms with Gasteiger partial charge >= 0.3 is 6.09 Å². The van der Waals surface area contributed by atoms with Crippen molar-refractivity contribution in [2.45, 2.75) is 31.3 Å². The zero-order chi connectivity index (χ0) is 25.3. The molecule has 34 heavy (non-hydrogen) atoms. The Morgan fingerprint density at radius 2 is 1.79 bits per heavy atom. The highest BCUT2D eigenvalue weighted by Crippen LogP contribution is 2.32. The van der Waals surface area contributed by atoms with E-state index in [0.29, 0.717) is 37.6 Å². The number of carbonyl (C=O) groups excluding carboxylic acids is 3. The first-order valence-electron chi connectivity index (χ1n) is 10.8. The highest BCUT2D eigenvalue weighted by atomic mass is 32.2. The normalized spacial score (nSPS) is 17.2. The first-order chi connectivity index (χ1) is 15.8. The van der Waals surface area contributed by atoms with Crippen LogP contribution in [0, 0.1) is 0 Å². The zero-order valence-electron chi connectivity index (χ0n) is 19.7. The van der Waals surface area contributed by atoms with Crippen molar-refractivity contribution in [3.8, 4) is 0 Å². The van der Waals surface area contributed by atoms with E-state index in [-0.39, 0.29) is 23.7 Å². The number of nitrogens with zero attached hydrogens (tertiary/aromatic N) is 3. The molecule has 2 aliphatic heterocycles. The molecule has 2 N–H and O–H groups in total. The number of carbonyl (C=O) groups is 3. The highest BCUT2D eigenvalue weighted by molar-refractivity contribution is 7.90. The number of anilines is 2. The molecule has 1 aromatic carbocycles. The molecule has 1 aromatic rings. The quantitative estimate of drug-likeness (QED) is 0.550.